The van der Waals surface area contributed by atoms with Crippen molar-refractivity contribution in [1.82, 2.24) is 9.78 Å². The number of esters is 1. The van der Waals surface area contributed by atoms with Crippen molar-refractivity contribution in [3.63, 3.8) is 0 Å². The van der Waals surface area contributed by atoms with E-state index >= 15 is 0 Å². The summed E-state index contributed by atoms with van der Waals surface area (Å²) in [4.78, 5) is 12.1. The number of carbonyl (C=O) groups excluding carboxylic acids is 1. The molecule has 1 aromatic carbocycles. The van der Waals surface area contributed by atoms with Crippen LogP contribution in [0.1, 0.15) is 42.9 Å². The maximum Gasteiger partial charge on any atom is 0.433 e. The first-order chi connectivity index (χ1) is 12.1. The second kappa shape index (κ2) is 7.76. The van der Waals surface area contributed by atoms with E-state index in [2.05, 4.69) is 5.10 Å². The number of halogens is 4. The molecule has 2 aromatic rings. The van der Waals surface area contributed by atoms with E-state index < -0.39 is 41.4 Å². The van der Waals surface area contributed by atoms with Crippen LogP contribution in [0.3, 0.4) is 0 Å². The SMILES string of the molecule is CC(COc1cccc(F)c1)OC(=O)c1cnn(C(C)C)c1C(F)(F)F. The molecule has 0 spiro atoms. The molecule has 0 amide bonds. The minimum atomic E-state index is -4.75. The van der Waals surface area contributed by atoms with Crippen LogP contribution in [0.5, 0.6) is 5.75 Å². The number of hydrogen-bond acceptors (Lipinski definition) is 4. The monoisotopic (exact) mass is 374 g/mol. The Labute approximate surface area is 147 Å². The van der Waals surface area contributed by atoms with Crippen molar-refractivity contribution in [1.29, 1.82) is 0 Å². The molecule has 142 valence electrons. The standard InChI is InChI=1S/C17H18F4N2O3/c1-10(2)23-15(17(19,20)21)14(8-22-23)16(24)26-11(3)9-25-13-6-4-5-12(18)7-13/h4-8,10-11H,9H2,1-3H3. The second-order valence-corrected chi connectivity index (χ2v) is 5.93. The first-order valence-electron chi connectivity index (χ1n) is 7.83. The van der Waals surface area contributed by atoms with Crippen molar-refractivity contribution in [3.8, 4) is 5.75 Å². The highest BCUT2D eigenvalue weighted by atomic mass is 19.4. The molecule has 2 rings (SSSR count). The molecular formula is C17H18F4N2O3. The van der Waals surface area contributed by atoms with Gasteiger partial charge in [0.05, 0.1) is 6.20 Å². The average molecular weight is 374 g/mol. The molecule has 1 heterocycles. The predicted octanol–water partition coefficient (Wildman–Crippen LogP) is 4.25. The number of benzene rings is 1. The molecule has 9 heteroatoms. The lowest BCUT2D eigenvalue weighted by Crippen LogP contribution is -2.25. The minimum absolute atomic E-state index is 0.144. The van der Waals surface area contributed by atoms with Gasteiger partial charge in [0, 0.05) is 12.1 Å². The fourth-order valence-electron chi connectivity index (χ4n) is 2.24. The van der Waals surface area contributed by atoms with E-state index in [0.717, 1.165) is 16.9 Å². The summed E-state index contributed by atoms with van der Waals surface area (Å²) in [6.07, 6.45) is -4.77. The molecule has 0 fully saturated rings. The highest BCUT2D eigenvalue weighted by Gasteiger charge is 2.41. The zero-order valence-corrected chi connectivity index (χ0v) is 14.4. The minimum Gasteiger partial charge on any atom is -0.490 e. The molecule has 0 bridgehead atoms. The third-order valence-electron chi connectivity index (χ3n) is 3.36. The predicted molar refractivity (Wildman–Crippen MR) is 84.4 cm³/mol. The van der Waals surface area contributed by atoms with Gasteiger partial charge in [-0.3, -0.25) is 4.68 Å². The molecule has 0 saturated heterocycles. The average Bonchev–Trinajstić information content (AvgIpc) is 2.98. The molecule has 26 heavy (non-hydrogen) atoms. The van der Waals surface area contributed by atoms with E-state index in [4.69, 9.17) is 9.47 Å². The number of aromatic nitrogens is 2. The zero-order valence-electron chi connectivity index (χ0n) is 14.4. The molecule has 0 aliphatic carbocycles. The van der Waals surface area contributed by atoms with E-state index in [9.17, 15) is 22.4 Å². The molecule has 1 aromatic heterocycles. The van der Waals surface area contributed by atoms with Crippen molar-refractivity contribution in [2.24, 2.45) is 0 Å². The summed E-state index contributed by atoms with van der Waals surface area (Å²) in [6, 6.07) is 4.75. The van der Waals surface area contributed by atoms with Crippen LogP contribution >= 0.6 is 0 Å². The van der Waals surface area contributed by atoms with Crippen molar-refractivity contribution >= 4 is 5.97 Å². The summed E-state index contributed by atoms with van der Waals surface area (Å²) < 4.78 is 63.9. The maximum absolute atomic E-state index is 13.3. The van der Waals surface area contributed by atoms with Crippen LogP contribution in [-0.2, 0) is 10.9 Å². The van der Waals surface area contributed by atoms with E-state index in [-0.39, 0.29) is 12.4 Å². The normalized spacial score (nSPS) is 12.9. The first-order valence-corrected chi connectivity index (χ1v) is 7.83. The Hall–Kier alpha value is -2.58. The van der Waals surface area contributed by atoms with E-state index in [1.165, 1.54) is 39.0 Å². The Kier molecular flexibility index (Phi) is 5.89. The summed E-state index contributed by atoms with van der Waals surface area (Å²) in [7, 11) is 0. The van der Waals surface area contributed by atoms with Gasteiger partial charge >= 0.3 is 12.1 Å². The number of alkyl halides is 3. The van der Waals surface area contributed by atoms with Crippen molar-refractivity contribution in [2.75, 3.05) is 6.61 Å². The zero-order chi connectivity index (χ0) is 19.5. The molecule has 1 atom stereocenters. The quantitative estimate of drug-likeness (QED) is 0.560. The number of nitrogens with zero attached hydrogens (tertiary/aromatic N) is 2. The molecule has 1 unspecified atom stereocenters. The van der Waals surface area contributed by atoms with Gasteiger partial charge in [-0.25, -0.2) is 9.18 Å². The van der Waals surface area contributed by atoms with Gasteiger partial charge in [0.2, 0.25) is 0 Å². The van der Waals surface area contributed by atoms with Crippen LogP contribution in [0.15, 0.2) is 30.5 Å². The molecular weight excluding hydrogens is 356 g/mol. The van der Waals surface area contributed by atoms with E-state index in [1.807, 2.05) is 0 Å². The summed E-state index contributed by atoms with van der Waals surface area (Å²) >= 11 is 0. The maximum atomic E-state index is 13.3. The number of ether oxygens (including phenoxy) is 2. The fourth-order valence-corrected chi connectivity index (χ4v) is 2.24. The van der Waals surface area contributed by atoms with Crippen molar-refractivity contribution in [3.05, 3.63) is 47.5 Å². The van der Waals surface area contributed by atoms with Crippen LogP contribution in [-0.4, -0.2) is 28.5 Å². The van der Waals surface area contributed by atoms with Crippen LogP contribution in [0.25, 0.3) is 0 Å². The van der Waals surface area contributed by atoms with Crippen LogP contribution in [0.2, 0.25) is 0 Å². The van der Waals surface area contributed by atoms with Gasteiger partial charge in [-0.15, -0.1) is 0 Å². The summed E-state index contributed by atoms with van der Waals surface area (Å²) in [5, 5.41) is 3.64. The van der Waals surface area contributed by atoms with Crippen LogP contribution < -0.4 is 4.74 Å². The lowest BCUT2D eigenvalue weighted by atomic mass is 10.2. The van der Waals surface area contributed by atoms with Crippen LogP contribution in [0.4, 0.5) is 17.6 Å². The molecule has 0 radical (unpaired) electrons. The van der Waals surface area contributed by atoms with Crippen molar-refractivity contribution < 1.29 is 31.8 Å². The summed E-state index contributed by atoms with van der Waals surface area (Å²) in [6.45, 7) is 4.35. The van der Waals surface area contributed by atoms with Gasteiger partial charge in [-0.2, -0.15) is 18.3 Å². The summed E-state index contributed by atoms with van der Waals surface area (Å²) in [5.74, 6) is -1.43. The van der Waals surface area contributed by atoms with Gasteiger partial charge < -0.3 is 9.47 Å². The number of hydrogen-bond donors (Lipinski definition) is 0. The largest absolute Gasteiger partial charge is 0.490 e. The van der Waals surface area contributed by atoms with Gasteiger partial charge in [0.1, 0.15) is 29.8 Å². The topological polar surface area (TPSA) is 53.4 Å². The number of rotatable bonds is 6. The Morgan fingerprint density at radius 1 is 1.27 bits per heavy atom. The molecule has 0 aliphatic rings. The van der Waals surface area contributed by atoms with Gasteiger partial charge in [-0.05, 0) is 32.9 Å². The lowest BCUT2D eigenvalue weighted by Gasteiger charge is -2.17. The van der Waals surface area contributed by atoms with Gasteiger partial charge in [0.15, 0.2) is 5.69 Å². The lowest BCUT2D eigenvalue weighted by molar-refractivity contribution is -0.145. The Balaban J connectivity index is 2.07. The van der Waals surface area contributed by atoms with Gasteiger partial charge in [-0.1, -0.05) is 6.07 Å². The fraction of sp³-hybridized carbons (Fsp3) is 0.412. The highest BCUT2D eigenvalue weighted by Crippen LogP contribution is 2.34. The molecule has 0 N–H and O–H groups in total. The van der Waals surface area contributed by atoms with Gasteiger partial charge in [0.25, 0.3) is 0 Å². The Morgan fingerprint density at radius 2 is 1.96 bits per heavy atom. The Morgan fingerprint density at radius 3 is 2.54 bits per heavy atom. The molecule has 0 aliphatic heterocycles. The molecule has 0 saturated carbocycles. The third-order valence-corrected chi connectivity index (χ3v) is 3.36. The Bertz CT molecular complexity index is 772. The third kappa shape index (κ3) is 4.74. The highest BCUT2D eigenvalue weighted by molar-refractivity contribution is 5.90. The summed E-state index contributed by atoms with van der Waals surface area (Å²) in [5.41, 5.74) is -1.82. The number of carbonyl (C=O) groups is 1. The van der Waals surface area contributed by atoms with Crippen LogP contribution in [0, 0.1) is 5.82 Å². The smallest absolute Gasteiger partial charge is 0.433 e. The first kappa shape index (κ1) is 19.7. The van der Waals surface area contributed by atoms with Crippen molar-refractivity contribution in [2.45, 2.75) is 39.1 Å². The van der Waals surface area contributed by atoms with E-state index in [1.54, 1.807) is 0 Å². The second-order valence-electron chi connectivity index (χ2n) is 5.93. The molecule has 5 nitrogen and oxygen atoms in total. The van der Waals surface area contributed by atoms with E-state index in [0.29, 0.717) is 0 Å².